The van der Waals surface area contributed by atoms with Crippen LogP contribution in [0.1, 0.15) is 31.2 Å². The summed E-state index contributed by atoms with van der Waals surface area (Å²) in [5, 5.41) is 3.39. The van der Waals surface area contributed by atoms with E-state index in [4.69, 9.17) is 9.47 Å². The fraction of sp³-hybridized carbons (Fsp3) is 0.318. The van der Waals surface area contributed by atoms with Crippen molar-refractivity contribution in [3.63, 3.8) is 0 Å². The summed E-state index contributed by atoms with van der Waals surface area (Å²) in [7, 11) is 0. The highest BCUT2D eigenvalue weighted by molar-refractivity contribution is 5.77. The van der Waals surface area contributed by atoms with Crippen molar-refractivity contribution >= 4 is 16.8 Å². The molecular weight excluding hydrogens is 386 g/mol. The summed E-state index contributed by atoms with van der Waals surface area (Å²) in [4.78, 5) is 39.4. The average molecular weight is 409 g/mol. The van der Waals surface area contributed by atoms with Gasteiger partial charge in [-0.3, -0.25) is 14.2 Å². The van der Waals surface area contributed by atoms with Crippen molar-refractivity contribution in [1.29, 1.82) is 0 Å². The van der Waals surface area contributed by atoms with Gasteiger partial charge in [0.15, 0.2) is 11.5 Å². The first-order chi connectivity index (χ1) is 14.6. The number of aromatic nitrogens is 2. The minimum atomic E-state index is -0.403. The van der Waals surface area contributed by atoms with Gasteiger partial charge in [0.2, 0.25) is 12.7 Å². The molecule has 2 heterocycles. The Morgan fingerprint density at radius 1 is 1.03 bits per heavy atom. The maximum absolute atomic E-state index is 12.5. The van der Waals surface area contributed by atoms with Gasteiger partial charge in [0.25, 0.3) is 5.56 Å². The Balaban J connectivity index is 1.21. The Labute approximate surface area is 172 Å². The van der Waals surface area contributed by atoms with Crippen molar-refractivity contribution in [3.8, 4) is 11.5 Å². The predicted molar refractivity (Wildman–Crippen MR) is 112 cm³/mol. The number of aromatic amines is 1. The van der Waals surface area contributed by atoms with Gasteiger partial charge in [-0.25, -0.2) is 4.79 Å². The van der Waals surface area contributed by atoms with Gasteiger partial charge in [0.1, 0.15) is 0 Å². The summed E-state index contributed by atoms with van der Waals surface area (Å²) in [6, 6.07) is 12.6. The Hall–Kier alpha value is -3.55. The number of hydrogen-bond acceptors (Lipinski definition) is 5. The molecule has 0 atom stereocenters. The lowest BCUT2D eigenvalue weighted by Gasteiger charge is -2.07. The van der Waals surface area contributed by atoms with Crippen molar-refractivity contribution in [2.24, 2.45) is 0 Å². The number of benzene rings is 2. The molecule has 8 nitrogen and oxygen atoms in total. The van der Waals surface area contributed by atoms with Gasteiger partial charge in [0.05, 0.1) is 10.9 Å². The normalized spacial score (nSPS) is 12.3. The standard InChI is InChI=1S/C22H23N3O5/c26-20(23-13-15-9-10-18-19(12-15)30-14-29-18)8-2-1-5-11-25-21(27)16-6-3-4-7-17(16)24-22(25)28/h3-4,6-7,9-10,12H,1-2,5,8,11,13-14H2,(H,23,26)(H,24,28). The van der Waals surface area contributed by atoms with Crippen LogP contribution >= 0.6 is 0 Å². The van der Waals surface area contributed by atoms with Gasteiger partial charge >= 0.3 is 5.69 Å². The SMILES string of the molecule is O=C(CCCCCn1c(=O)[nH]c2ccccc2c1=O)NCc1ccc2c(c1)OCO2. The second-order valence-corrected chi connectivity index (χ2v) is 7.21. The highest BCUT2D eigenvalue weighted by atomic mass is 16.7. The molecule has 0 saturated carbocycles. The van der Waals surface area contributed by atoms with Crippen LogP contribution < -0.4 is 26.0 Å². The van der Waals surface area contributed by atoms with Crippen LogP contribution in [0.3, 0.4) is 0 Å². The van der Waals surface area contributed by atoms with Crippen LogP contribution in [0.5, 0.6) is 11.5 Å². The Kier molecular flexibility index (Phi) is 5.83. The average Bonchev–Trinajstić information content (AvgIpc) is 3.22. The van der Waals surface area contributed by atoms with Gasteiger partial charge in [-0.2, -0.15) is 0 Å². The largest absolute Gasteiger partial charge is 0.454 e. The van der Waals surface area contributed by atoms with Gasteiger partial charge in [-0.05, 0) is 42.7 Å². The molecule has 3 aromatic rings. The number of H-pyrrole nitrogens is 1. The first-order valence-corrected chi connectivity index (χ1v) is 9.99. The van der Waals surface area contributed by atoms with Gasteiger partial charge in [-0.15, -0.1) is 0 Å². The lowest BCUT2D eigenvalue weighted by molar-refractivity contribution is -0.121. The smallest absolute Gasteiger partial charge is 0.328 e. The fourth-order valence-electron chi connectivity index (χ4n) is 3.47. The zero-order valence-electron chi connectivity index (χ0n) is 16.5. The molecule has 30 heavy (non-hydrogen) atoms. The van der Waals surface area contributed by atoms with Crippen LogP contribution in [0.4, 0.5) is 0 Å². The van der Waals surface area contributed by atoms with Gasteiger partial charge < -0.3 is 19.8 Å². The third kappa shape index (κ3) is 4.37. The third-order valence-electron chi connectivity index (χ3n) is 5.10. The third-order valence-corrected chi connectivity index (χ3v) is 5.10. The molecule has 1 aliphatic heterocycles. The molecule has 156 valence electrons. The van der Waals surface area contributed by atoms with Crippen molar-refractivity contribution in [1.82, 2.24) is 14.9 Å². The van der Waals surface area contributed by atoms with Crippen LogP contribution in [-0.2, 0) is 17.9 Å². The molecule has 0 spiro atoms. The van der Waals surface area contributed by atoms with Crippen molar-refractivity contribution in [2.45, 2.75) is 38.8 Å². The minimum Gasteiger partial charge on any atom is -0.454 e. The molecule has 1 amide bonds. The van der Waals surface area contributed by atoms with Crippen LogP contribution in [0.2, 0.25) is 0 Å². The second kappa shape index (κ2) is 8.86. The molecule has 1 aromatic heterocycles. The van der Waals surface area contributed by atoms with Crippen LogP contribution in [-0.4, -0.2) is 22.3 Å². The summed E-state index contributed by atoms with van der Waals surface area (Å²) in [6.45, 7) is 0.984. The van der Waals surface area contributed by atoms with Gasteiger partial charge in [-0.1, -0.05) is 24.6 Å². The second-order valence-electron chi connectivity index (χ2n) is 7.21. The zero-order valence-corrected chi connectivity index (χ0v) is 16.5. The van der Waals surface area contributed by atoms with E-state index in [0.29, 0.717) is 49.0 Å². The number of carbonyl (C=O) groups is 1. The van der Waals surface area contributed by atoms with E-state index in [0.717, 1.165) is 17.7 Å². The predicted octanol–water partition coefficient (Wildman–Crippen LogP) is 2.30. The molecule has 0 saturated heterocycles. The van der Waals surface area contributed by atoms with E-state index in [1.807, 2.05) is 18.2 Å². The molecule has 8 heteroatoms. The zero-order chi connectivity index (χ0) is 20.9. The van der Waals surface area contributed by atoms with E-state index in [-0.39, 0.29) is 18.3 Å². The lowest BCUT2D eigenvalue weighted by atomic mass is 10.1. The monoisotopic (exact) mass is 409 g/mol. The summed E-state index contributed by atoms with van der Waals surface area (Å²) >= 11 is 0. The molecule has 0 bridgehead atoms. The number of nitrogens with zero attached hydrogens (tertiary/aromatic N) is 1. The van der Waals surface area contributed by atoms with Crippen molar-refractivity contribution < 1.29 is 14.3 Å². The quantitative estimate of drug-likeness (QED) is 0.556. The maximum atomic E-state index is 12.5. The number of unbranched alkanes of at least 4 members (excludes halogenated alkanes) is 2. The number of para-hydroxylation sites is 1. The van der Waals surface area contributed by atoms with E-state index in [2.05, 4.69) is 10.3 Å². The minimum absolute atomic E-state index is 0.0339. The first kappa shape index (κ1) is 19.8. The van der Waals surface area contributed by atoms with E-state index >= 15 is 0 Å². The summed E-state index contributed by atoms with van der Waals surface area (Å²) < 4.78 is 11.8. The Morgan fingerprint density at radius 3 is 2.77 bits per heavy atom. The van der Waals surface area contributed by atoms with E-state index in [9.17, 15) is 14.4 Å². The van der Waals surface area contributed by atoms with Crippen molar-refractivity contribution in [2.75, 3.05) is 6.79 Å². The molecule has 0 radical (unpaired) electrons. The number of carbonyl (C=O) groups excluding carboxylic acids is 1. The number of nitrogens with one attached hydrogen (secondary N) is 2. The number of amides is 1. The van der Waals surface area contributed by atoms with Crippen molar-refractivity contribution in [3.05, 3.63) is 68.9 Å². The molecule has 4 rings (SSSR count). The van der Waals surface area contributed by atoms with E-state index < -0.39 is 5.69 Å². The van der Waals surface area contributed by atoms with E-state index in [1.165, 1.54) is 4.57 Å². The molecular formula is C22H23N3O5. The summed E-state index contributed by atoms with van der Waals surface area (Å²) in [5.74, 6) is 1.38. The van der Waals surface area contributed by atoms with Crippen LogP contribution in [0.15, 0.2) is 52.1 Å². The van der Waals surface area contributed by atoms with Crippen LogP contribution in [0.25, 0.3) is 10.9 Å². The molecule has 0 fully saturated rings. The Bertz CT molecular complexity index is 1180. The molecule has 0 aliphatic carbocycles. The highest BCUT2D eigenvalue weighted by Crippen LogP contribution is 2.32. The summed E-state index contributed by atoms with van der Waals surface area (Å²) in [6.07, 6.45) is 2.48. The molecule has 1 aliphatic rings. The maximum Gasteiger partial charge on any atom is 0.328 e. The number of ether oxygens (including phenoxy) is 2. The number of fused-ring (bicyclic) bond motifs is 2. The van der Waals surface area contributed by atoms with Crippen LogP contribution in [0, 0.1) is 0 Å². The Morgan fingerprint density at radius 2 is 1.87 bits per heavy atom. The fourth-order valence-corrected chi connectivity index (χ4v) is 3.47. The highest BCUT2D eigenvalue weighted by Gasteiger charge is 2.13. The molecule has 2 aromatic carbocycles. The first-order valence-electron chi connectivity index (χ1n) is 9.99. The molecule has 2 N–H and O–H groups in total. The van der Waals surface area contributed by atoms with E-state index in [1.54, 1.807) is 24.3 Å². The summed E-state index contributed by atoms with van der Waals surface area (Å²) in [5.41, 5.74) is 0.807. The molecule has 0 unspecified atom stereocenters. The number of hydrogen-bond donors (Lipinski definition) is 2. The number of rotatable bonds is 8. The topological polar surface area (TPSA) is 102 Å². The lowest BCUT2D eigenvalue weighted by Crippen LogP contribution is -2.35. The van der Waals surface area contributed by atoms with Gasteiger partial charge in [0, 0.05) is 19.5 Å².